The summed E-state index contributed by atoms with van der Waals surface area (Å²) in [7, 11) is 2.14. The molecule has 0 aliphatic carbocycles. The van der Waals surface area contributed by atoms with E-state index in [9.17, 15) is 4.79 Å². The molecule has 0 atom stereocenters. The summed E-state index contributed by atoms with van der Waals surface area (Å²) in [6, 6.07) is 5.56. The van der Waals surface area contributed by atoms with Gasteiger partial charge in [-0.3, -0.25) is 4.79 Å². The lowest BCUT2D eigenvalue weighted by Gasteiger charge is -2.38. The van der Waals surface area contributed by atoms with Crippen molar-refractivity contribution in [3.63, 3.8) is 0 Å². The van der Waals surface area contributed by atoms with Crippen LogP contribution in [-0.4, -0.2) is 37.5 Å². The van der Waals surface area contributed by atoms with Crippen LogP contribution in [0.4, 0.5) is 5.69 Å². The predicted octanol–water partition coefficient (Wildman–Crippen LogP) is 2.04. The van der Waals surface area contributed by atoms with Gasteiger partial charge in [0.2, 0.25) is 0 Å². The number of aryl methyl sites for hydroxylation is 1. The number of hydrogen-bond donors (Lipinski definition) is 2. The SMILES string of the molecule is Cc1ccc(N)c(C(=O)NCC2(C)CCN(C)CC2)c1. The van der Waals surface area contributed by atoms with Gasteiger partial charge in [-0.2, -0.15) is 0 Å². The molecule has 0 bridgehead atoms. The molecule has 1 aliphatic heterocycles. The zero-order valence-corrected chi connectivity index (χ0v) is 12.7. The quantitative estimate of drug-likeness (QED) is 0.830. The van der Waals surface area contributed by atoms with Crippen LogP contribution >= 0.6 is 0 Å². The number of amides is 1. The minimum absolute atomic E-state index is 0.0636. The van der Waals surface area contributed by atoms with Gasteiger partial charge in [0.05, 0.1) is 5.56 Å². The number of nitrogens with one attached hydrogen (secondary N) is 1. The maximum absolute atomic E-state index is 12.3. The van der Waals surface area contributed by atoms with Gasteiger partial charge in [-0.05, 0) is 57.5 Å². The molecular formula is C16H25N3O. The smallest absolute Gasteiger partial charge is 0.253 e. The van der Waals surface area contributed by atoms with Crippen LogP contribution in [0.25, 0.3) is 0 Å². The molecule has 110 valence electrons. The van der Waals surface area contributed by atoms with Gasteiger partial charge in [0.1, 0.15) is 0 Å². The van der Waals surface area contributed by atoms with Gasteiger partial charge < -0.3 is 16.0 Å². The average molecular weight is 275 g/mol. The van der Waals surface area contributed by atoms with Crippen molar-refractivity contribution in [2.75, 3.05) is 32.4 Å². The monoisotopic (exact) mass is 275 g/mol. The number of nitrogens with two attached hydrogens (primary N) is 1. The van der Waals surface area contributed by atoms with Crippen LogP contribution in [0.3, 0.4) is 0 Å². The molecule has 0 saturated carbocycles. The van der Waals surface area contributed by atoms with E-state index in [-0.39, 0.29) is 11.3 Å². The first-order valence-electron chi connectivity index (χ1n) is 7.22. The number of piperidine rings is 1. The van der Waals surface area contributed by atoms with Crippen LogP contribution in [-0.2, 0) is 0 Å². The van der Waals surface area contributed by atoms with Crippen molar-refractivity contribution in [1.82, 2.24) is 10.2 Å². The third-order valence-electron chi connectivity index (χ3n) is 4.32. The van der Waals surface area contributed by atoms with Crippen LogP contribution in [0.5, 0.6) is 0 Å². The fourth-order valence-corrected chi connectivity index (χ4v) is 2.59. The summed E-state index contributed by atoms with van der Waals surface area (Å²) in [5.74, 6) is -0.0636. The second-order valence-corrected chi connectivity index (χ2v) is 6.39. The highest BCUT2D eigenvalue weighted by Crippen LogP contribution is 2.29. The highest BCUT2D eigenvalue weighted by molar-refractivity contribution is 5.99. The lowest BCUT2D eigenvalue weighted by Crippen LogP contribution is -2.43. The third kappa shape index (κ3) is 3.51. The molecule has 0 radical (unpaired) electrons. The topological polar surface area (TPSA) is 58.4 Å². The molecule has 4 nitrogen and oxygen atoms in total. The van der Waals surface area contributed by atoms with Crippen LogP contribution in [0, 0.1) is 12.3 Å². The first-order chi connectivity index (χ1) is 9.39. The second kappa shape index (κ2) is 5.83. The molecule has 0 aromatic heterocycles. The molecular weight excluding hydrogens is 250 g/mol. The molecule has 1 saturated heterocycles. The lowest BCUT2D eigenvalue weighted by molar-refractivity contribution is 0.0892. The number of anilines is 1. The summed E-state index contributed by atoms with van der Waals surface area (Å²) in [6.07, 6.45) is 2.24. The normalized spacial score (nSPS) is 18.8. The zero-order valence-electron chi connectivity index (χ0n) is 12.7. The number of benzene rings is 1. The number of carbonyl (C=O) groups is 1. The van der Waals surface area contributed by atoms with Gasteiger partial charge in [0.15, 0.2) is 0 Å². The molecule has 1 amide bonds. The van der Waals surface area contributed by atoms with E-state index < -0.39 is 0 Å². The van der Waals surface area contributed by atoms with Crippen LogP contribution in [0.2, 0.25) is 0 Å². The summed E-state index contributed by atoms with van der Waals surface area (Å²) >= 11 is 0. The molecule has 0 spiro atoms. The summed E-state index contributed by atoms with van der Waals surface area (Å²) in [4.78, 5) is 14.6. The Bertz CT molecular complexity index is 490. The average Bonchev–Trinajstić information content (AvgIpc) is 2.43. The number of nitrogens with zero attached hydrogens (tertiary/aromatic N) is 1. The maximum atomic E-state index is 12.3. The van der Waals surface area contributed by atoms with Gasteiger partial charge >= 0.3 is 0 Å². The fourth-order valence-electron chi connectivity index (χ4n) is 2.59. The van der Waals surface area contributed by atoms with Gasteiger partial charge in [0.25, 0.3) is 5.91 Å². The van der Waals surface area contributed by atoms with Crippen molar-refractivity contribution in [3.05, 3.63) is 29.3 Å². The van der Waals surface area contributed by atoms with E-state index >= 15 is 0 Å². The first-order valence-corrected chi connectivity index (χ1v) is 7.22. The standard InChI is InChI=1S/C16H25N3O/c1-12-4-5-14(17)13(10-12)15(20)18-11-16(2)6-8-19(3)9-7-16/h4-5,10H,6-9,11,17H2,1-3H3,(H,18,20). The number of rotatable bonds is 3. The Morgan fingerprint density at radius 3 is 2.70 bits per heavy atom. The summed E-state index contributed by atoms with van der Waals surface area (Å²) < 4.78 is 0. The Balaban J connectivity index is 1.97. The third-order valence-corrected chi connectivity index (χ3v) is 4.32. The second-order valence-electron chi connectivity index (χ2n) is 6.39. The van der Waals surface area contributed by atoms with Crippen LogP contribution in [0.1, 0.15) is 35.7 Å². The van der Waals surface area contributed by atoms with E-state index in [1.807, 2.05) is 19.1 Å². The minimum Gasteiger partial charge on any atom is -0.398 e. The molecule has 1 aromatic rings. The molecule has 20 heavy (non-hydrogen) atoms. The van der Waals surface area contributed by atoms with Gasteiger partial charge in [-0.15, -0.1) is 0 Å². The van der Waals surface area contributed by atoms with E-state index in [2.05, 4.69) is 24.2 Å². The number of hydrogen-bond acceptors (Lipinski definition) is 3. The molecule has 4 heteroatoms. The Kier molecular flexibility index (Phi) is 4.33. The highest BCUT2D eigenvalue weighted by atomic mass is 16.1. The molecule has 2 rings (SSSR count). The van der Waals surface area contributed by atoms with Gasteiger partial charge in [-0.1, -0.05) is 18.6 Å². The van der Waals surface area contributed by atoms with E-state index in [4.69, 9.17) is 5.73 Å². The van der Waals surface area contributed by atoms with Crippen molar-refractivity contribution in [1.29, 1.82) is 0 Å². The molecule has 1 heterocycles. The fraction of sp³-hybridized carbons (Fsp3) is 0.562. The van der Waals surface area contributed by atoms with Crippen molar-refractivity contribution in [3.8, 4) is 0 Å². The highest BCUT2D eigenvalue weighted by Gasteiger charge is 2.29. The van der Waals surface area contributed by atoms with Crippen LogP contribution in [0.15, 0.2) is 18.2 Å². The van der Waals surface area contributed by atoms with E-state index in [1.165, 1.54) is 0 Å². The number of carbonyl (C=O) groups excluding carboxylic acids is 1. The van der Waals surface area contributed by atoms with E-state index in [1.54, 1.807) is 6.07 Å². The predicted molar refractivity (Wildman–Crippen MR) is 82.8 cm³/mol. The molecule has 1 aliphatic rings. The molecule has 1 fully saturated rings. The first kappa shape index (κ1) is 14.9. The van der Waals surface area contributed by atoms with Crippen molar-refractivity contribution in [2.24, 2.45) is 5.41 Å². The number of nitrogen functional groups attached to an aromatic ring is 1. The largest absolute Gasteiger partial charge is 0.398 e. The van der Waals surface area contributed by atoms with Crippen LogP contribution < -0.4 is 11.1 Å². The Labute approximate surface area is 121 Å². The Hall–Kier alpha value is -1.55. The molecule has 0 unspecified atom stereocenters. The van der Waals surface area contributed by atoms with Gasteiger partial charge in [0, 0.05) is 12.2 Å². The minimum atomic E-state index is -0.0636. The molecule has 1 aromatic carbocycles. The molecule has 3 N–H and O–H groups in total. The number of likely N-dealkylation sites (tertiary alicyclic amines) is 1. The summed E-state index contributed by atoms with van der Waals surface area (Å²) in [5.41, 5.74) is 8.26. The zero-order chi connectivity index (χ0) is 14.8. The van der Waals surface area contributed by atoms with E-state index in [0.29, 0.717) is 17.8 Å². The Morgan fingerprint density at radius 2 is 2.05 bits per heavy atom. The summed E-state index contributed by atoms with van der Waals surface area (Å²) in [5, 5.41) is 3.05. The Morgan fingerprint density at radius 1 is 1.40 bits per heavy atom. The van der Waals surface area contributed by atoms with Gasteiger partial charge in [-0.25, -0.2) is 0 Å². The van der Waals surface area contributed by atoms with Crippen molar-refractivity contribution < 1.29 is 4.79 Å². The summed E-state index contributed by atoms with van der Waals surface area (Å²) in [6.45, 7) is 7.12. The lowest BCUT2D eigenvalue weighted by atomic mass is 9.80. The van der Waals surface area contributed by atoms with E-state index in [0.717, 1.165) is 31.5 Å². The van der Waals surface area contributed by atoms with Crippen molar-refractivity contribution >= 4 is 11.6 Å². The maximum Gasteiger partial charge on any atom is 0.253 e. The van der Waals surface area contributed by atoms with Crippen molar-refractivity contribution in [2.45, 2.75) is 26.7 Å².